The number of aliphatic hydroxyl groups excluding tert-OH is 1. The Morgan fingerprint density at radius 3 is 2.56 bits per heavy atom. The molecule has 2 saturated heterocycles. The molecule has 2 atom stereocenters. The van der Waals surface area contributed by atoms with Gasteiger partial charge in [0.1, 0.15) is 0 Å². The van der Waals surface area contributed by atoms with Crippen LogP contribution in [0.15, 0.2) is 4.99 Å². The molecule has 3 fully saturated rings. The van der Waals surface area contributed by atoms with E-state index in [0.717, 1.165) is 31.9 Å². The van der Waals surface area contributed by atoms with E-state index in [0.29, 0.717) is 18.3 Å². The number of hydrogen-bond donors (Lipinski definition) is 2. The third-order valence-corrected chi connectivity index (χ3v) is 7.82. The van der Waals surface area contributed by atoms with E-state index in [4.69, 9.17) is 4.99 Å². The number of rotatable bonds is 3. The molecule has 2 N–H and O–H groups in total. The Morgan fingerprint density at radius 2 is 1.96 bits per heavy atom. The zero-order valence-corrected chi connectivity index (χ0v) is 16.4. The van der Waals surface area contributed by atoms with Crippen molar-refractivity contribution in [3.8, 4) is 0 Å². The molecule has 0 amide bonds. The van der Waals surface area contributed by atoms with Crippen molar-refractivity contribution >= 4 is 15.8 Å². The molecule has 1 saturated carbocycles. The molecule has 2 aliphatic heterocycles. The van der Waals surface area contributed by atoms with E-state index in [-0.39, 0.29) is 23.2 Å². The van der Waals surface area contributed by atoms with E-state index in [1.165, 1.54) is 25.7 Å². The first-order valence-electron chi connectivity index (χ1n) is 9.70. The van der Waals surface area contributed by atoms with Gasteiger partial charge in [0.25, 0.3) is 0 Å². The molecule has 3 rings (SSSR count). The van der Waals surface area contributed by atoms with Gasteiger partial charge in [-0.3, -0.25) is 4.99 Å². The molecule has 25 heavy (non-hydrogen) atoms. The molecule has 0 aromatic carbocycles. The second-order valence-corrected chi connectivity index (χ2v) is 11.0. The summed E-state index contributed by atoms with van der Waals surface area (Å²) in [6.45, 7) is 6.34. The van der Waals surface area contributed by atoms with Crippen LogP contribution >= 0.6 is 0 Å². The van der Waals surface area contributed by atoms with Gasteiger partial charge in [0, 0.05) is 31.1 Å². The monoisotopic (exact) mass is 371 g/mol. The summed E-state index contributed by atoms with van der Waals surface area (Å²) in [6, 6.07) is 0.473. The molecule has 0 aromatic rings. The Hall–Kier alpha value is -0.820. The van der Waals surface area contributed by atoms with E-state index in [9.17, 15) is 13.5 Å². The summed E-state index contributed by atoms with van der Waals surface area (Å²) in [5.74, 6) is 1.64. The number of piperidine rings is 1. The highest BCUT2D eigenvalue weighted by molar-refractivity contribution is 7.91. The molecule has 0 radical (unpaired) electrons. The molecule has 2 heterocycles. The number of nitrogens with one attached hydrogen (secondary N) is 1. The molecule has 0 aromatic heterocycles. The molecule has 1 aliphatic carbocycles. The molecule has 7 heteroatoms. The van der Waals surface area contributed by atoms with Crippen LogP contribution in [0.3, 0.4) is 0 Å². The lowest BCUT2D eigenvalue weighted by Crippen LogP contribution is -2.55. The summed E-state index contributed by atoms with van der Waals surface area (Å²) in [6.07, 6.45) is 6.07. The van der Waals surface area contributed by atoms with Crippen LogP contribution in [0.25, 0.3) is 0 Å². The second-order valence-electron chi connectivity index (χ2n) is 8.77. The summed E-state index contributed by atoms with van der Waals surface area (Å²) in [5, 5.41) is 13.9. The normalized spacial score (nSPS) is 32.9. The first-order chi connectivity index (χ1) is 11.8. The molecular weight excluding hydrogens is 338 g/mol. The van der Waals surface area contributed by atoms with Crippen molar-refractivity contribution < 1.29 is 13.5 Å². The Balaban J connectivity index is 1.69. The number of aliphatic hydroxyl groups is 1. The van der Waals surface area contributed by atoms with Gasteiger partial charge in [0.15, 0.2) is 15.8 Å². The van der Waals surface area contributed by atoms with E-state index >= 15 is 0 Å². The Labute approximate surface area is 152 Å². The van der Waals surface area contributed by atoms with Crippen LogP contribution in [-0.4, -0.2) is 67.7 Å². The van der Waals surface area contributed by atoms with Gasteiger partial charge >= 0.3 is 0 Å². The van der Waals surface area contributed by atoms with Crippen LogP contribution in [0.2, 0.25) is 0 Å². The number of nitrogens with zero attached hydrogens (tertiary/aromatic N) is 2. The number of hydrogen-bond acceptors (Lipinski definition) is 4. The molecule has 2 unspecified atom stereocenters. The molecule has 3 aliphatic rings. The van der Waals surface area contributed by atoms with E-state index in [2.05, 4.69) is 24.1 Å². The van der Waals surface area contributed by atoms with Gasteiger partial charge in [-0.1, -0.05) is 26.7 Å². The van der Waals surface area contributed by atoms with Gasteiger partial charge in [-0.15, -0.1) is 0 Å². The average Bonchev–Trinajstić information content (AvgIpc) is 3.15. The smallest absolute Gasteiger partial charge is 0.194 e. The Bertz CT molecular complexity index is 597. The predicted molar refractivity (Wildman–Crippen MR) is 100 cm³/mol. The van der Waals surface area contributed by atoms with Crippen LogP contribution in [0.4, 0.5) is 0 Å². The van der Waals surface area contributed by atoms with Crippen molar-refractivity contribution in [1.82, 2.24) is 10.2 Å². The molecular formula is C18H33N3O3S. The Morgan fingerprint density at radius 1 is 1.24 bits per heavy atom. The first-order valence-corrected chi connectivity index (χ1v) is 11.5. The minimum Gasteiger partial charge on any atom is -0.392 e. The summed E-state index contributed by atoms with van der Waals surface area (Å²) in [4.78, 5) is 7.09. The molecule has 0 spiro atoms. The van der Waals surface area contributed by atoms with Crippen molar-refractivity contribution in [1.29, 1.82) is 0 Å². The van der Waals surface area contributed by atoms with Gasteiger partial charge in [-0.05, 0) is 31.6 Å². The Kier molecular flexibility index (Phi) is 5.63. The minimum absolute atomic E-state index is 0.147. The topological polar surface area (TPSA) is 82.0 Å². The molecule has 144 valence electrons. The third-order valence-electron chi connectivity index (χ3n) is 5.99. The van der Waals surface area contributed by atoms with Gasteiger partial charge in [0.2, 0.25) is 0 Å². The SMILES string of the molecule is CC1(C)CN(C(=NCC2CCS(=O)(=O)C2)NC2CCCC2)CCC1O. The number of sulfone groups is 1. The highest BCUT2D eigenvalue weighted by Gasteiger charge is 2.36. The fourth-order valence-electron chi connectivity index (χ4n) is 4.25. The van der Waals surface area contributed by atoms with Crippen molar-refractivity contribution in [3.63, 3.8) is 0 Å². The van der Waals surface area contributed by atoms with E-state index in [1.807, 2.05) is 0 Å². The minimum atomic E-state index is -2.85. The van der Waals surface area contributed by atoms with Crippen molar-refractivity contribution in [2.75, 3.05) is 31.1 Å². The lowest BCUT2D eigenvalue weighted by molar-refractivity contribution is -0.00520. The van der Waals surface area contributed by atoms with Crippen LogP contribution in [-0.2, 0) is 9.84 Å². The van der Waals surface area contributed by atoms with Crippen LogP contribution < -0.4 is 5.32 Å². The van der Waals surface area contributed by atoms with E-state index < -0.39 is 9.84 Å². The predicted octanol–water partition coefficient (Wildman–Crippen LogP) is 1.40. The lowest BCUT2D eigenvalue weighted by atomic mass is 9.81. The number of aliphatic imine (C=N–C) groups is 1. The number of guanidine groups is 1. The second kappa shape index (κ2) is 7.43. The summed E-state index contributed by atoms with van der Waals surface area (Å²) >= 11 is 0. The fraction of sp³-hybridized carbons (Fsp3) is 0.944. The maximum Gasteiger partial charge on any atom is 0.194 e. The average molecular weight is 372 g/mol. The maximum absolute atomic E-state index is 11.7. The van der Waals surface area contributed by atoms with Crippen molar-refractivity contribution in [2.45, 2.75) is 64.5 Å². The first kappa shape index (κ1) is 19.0. The largest absolute Gasteiger partial charge is 0.392 e. The van der Waals surface area contributed by atoms with Gasteiger partial charge in [-0.2, -0.15) is 0 Å². The quantitative estimate of drug-likeness (QED) is 0.579. The summed E-state index contributed by atoms with van der Waals surface area (Å²) in [5.41, 5.74) is -0.160. The standard InChI is InChI=1S/C18H33N3O3S/c1-18(2)13-21(9-7-16(18)22)17(20-15-5-3-4-6-15)19-11-14-8-10-25(23,24)12-14/h14-16,22H,3-13H2,1-2H3,(H,19,20). The van der Waals surface area contributed by atoms with Crippen LogP contribution in [0, 0.1) is 11.3 Å². The fourth-order valence-corrected chi connectivity index (χ4v) is 6.10. The highest BCUT2D eigenvalue weighted by atomic mass is 32.2. The van der Waals surface area contributed by atoms with Crippen molar-refractivity contribution in [3.05, 3.63) is 0 Å². The molecule has 0 bridgehead atoms. The highest BCUT2D eigenvalue weighted by Crippen LogP contribution is 2.29. The maximum atomic E-state index is 11.7. The summed E-state index contributed by atoms with van der Waals surface area (Å²) in [7, 11) is -2.85. The third kappa shape index (κ3) is 4.88. The number of likely N-dealkylation sites (tertiary alicyclic amines) is 1. The molecule has 6 nitrogen and oxygen atoms in total. The van der Waals surface area contributed by atoms with Gasteiger partial charge in [-0.25, -0.2) is 8.42 Å². The van der Waals surface area contributed by atoms with Gasteiger partial charge < -0.3 is 15.3 Å². The van der Waals surface area contributed by atoms with E-state index in [1.54, 1.807) is 0 Å². The van der Waals surface area contributed by atoms with Crippen molar-refractivity contribution in [2.24, 2.45) is 16.3 Å². The van der Waals surface area contributed by atoms with Crippen LogP contribution in [0.1, 0.15) is 52.4 Å². The van der Waals surface area contributed by atoms with Gasteiger partial charge in [0.05, 0.1) is 17.6 Å². The summed E-state index contributed by atoms with van der Waals surface area (Å²) < 4.78 is 23.4. The zero-order valence-electron chi connectivity index (χ0n) is 15.6. The van der Waals surface area contributed by atoms with Crippen LogP contribution in [0.5, 0.6) is 0 Å². The zero-order chi connectivity index (χ0) is 18.1. The lowest BCUT2D eigenvalue weighted by Gasteiger charge is -2.43.